The highest BCUT2D eigenvalue weighted by atomic mass is 19.3. The minimum absolute atomic E-state index is 0.0593. The summed E-state index contributed by atoms with van der Waals surface area (Å²) in [6, 6.07) is 0. The molecular formula is C9H12F2O4. The van der Waals surface area contributed by atoms with Crippen LogP contribution in [0.5, 0.6) is 0 Å². The van der Waals surface area contributed by atoms with Crippen LogP contribution in [0.1, 0.15) is 19.8 Å². The van der Waals surface area contributed by atoms with Gasteiger partial charge in [-0.05, 0) is 12.8 Å². The van der Waals surface area contributed by atoms with Crippen molar-refractivity contribution in [2.45, 2.75) is 26.2 Å². The molecule has 0 amide bonds. The summed E-state index contributed by atoms with van der Waals surface area (Å²) in [5.74, 6) is -3.96. The van der Waals surface area contributed by atoms with Gasteiger partial charge in [0, 0.05) is 5.92 Å². The van der Waals surface area contributed by atoms with Gasteiger partial charge in [-0.15, -0.1) is 0 Å². The largest absolute Gasteiger partial charge is 0.480 e. The highest BCUT2D eigenvalue weighted by Crippen LogP contribution is 2.56. The summed E-state index contributed by atoms with van der Waals surface area (Å²) in [5, 5.41) is 8.76. The second-order valence-electron chi connectivity index (χ2n) is 3.56. The molecule has 0 aliphatic heterocycles. The molecule has 0 aromatic heterocycles. The van der Waals surface area contributed by atoms with E-state index < -0.39 is 29.7 Å². The zero-order valence-corrected chi connectivity index (χ0v) is 8.20. The smallest absolute Gasteiger partial charge is 0.324 e. The SMILES string of the molecule is CCCOC(=O)[C@@]1(C(=O)O)CC1C(F)F. The Kier molecular flexibility index (Phi) is 3.26. The normalized spacial score (nSPS) is 28.9. The van der Waals surface area contributed by atoms with E-state index in [1.807, 2.05) is 0 Å². The summed E-state index contributed by atoms with van der Waals surface area (Å²) in [5.41, 5.74) is -2.00. The van der Waals surface area contributed by atoms with Crippen molar-refractivity contribution in [3.8, 4) is 0 Å². The van der Waals surface area contributed by atoms with E-state index >= 15 is 0 Å². The first-order chi connectivity index (χ1) is 6.96. The van der Waals surface area contributed by atoms with E-state index in [1.165, 1.54) is 0 Å². The Morgan fingerprint density at radius 3 is 2.53 bits per heavy atom. The molecule has 0 spiro atoms. The van der Waals surface area contributed by atoms with Gasteiger partial charge in [0.15, 0.2) is 5.41 Å². The number of hydrogen-bond acceptors (Lipinski definition) is 3. The predicted octanol–water partition coefficient (Wildman–Crippen LogP) is 1.30. The van der Waals surface area contributed by atoms with Crippen molar-refractivity contribution in [1.29, 1.82) is 0 Å². The highest BCUT2D eigenvalue weighted by molar-refractivity contribution is 6.03. The third-order valence-electron chi connectivity index (χ3n) is 2.50. The monoisotopic (exact) mass is 222 g/mol. The molecule has 4 nitrogen and oxygen atoms in total. The van der Waals surface area contributed by atoms with Gasteiger partial charge in [0.25, 0.3) is 0 Å². The fraction of sp³-hybridized carbons (Fsp3) is 0.778. The van der Waals surface area contributed by atoms with Crippen LogP contribution in [0.3, 0.4) is 0 Å². The van der Waals surface area contributed by atoms with Gasteiger partial charge in [0.2, 0.25) is 6.43 Å². The van der Waals surface area contributed by atoms with Gasteiger partial charge in [-0.3, -0.25) is 9.59 Å². The van der Waals surface area contributed by atoms with Crippen molar-refractivity contribution < 1.29 is 28.2 Å². The lowest BCUT2D eigenvalue weighted by molar-refractivity contribution is -0.163. The standard InChI is InChI=1S/C9H12F2O4/c1-2-3-15-8(14)9(7(12)13)4-5(9)6(10)11/h5-6H,2-4H2,1H3,(H,12,13)/t5?,9-/m0/s1. The van der Waals surface area contributed by atoms with Crippen LogP contribution in [-0.4, -0.2) is 30.1 Å². The van der Waals surface area contributed by atoms with E-state index in [4.69, 9.17) is 5.11 Å². The maximum Gasteiger partial charge on any atom is 0.324 e. The Hall–Kier alpha value is -1.20. The molecule has 0 bridgehead atoms. The number of carbonyl (C=O) groups excluding carboxylic acids is 1. The van der Waals surface area contributed by atoms with Crippen LogP contribution >= 0.6 is 0 Å². The van der Waals surface area contributed by atoms with E-state index in [0.29, 0.717) is 6.42 Å². The first-order valence-corrected chi connectivity index (χ1v) is 4.65. The number of carboxylic acid groups (broad SMARTS) is 1. The van der Waals surface area contributed by atoms with Crippen LogP contribution in [0.4, 0.5) is 8.78 Å². The Morgan fingerprint density at radius 2 is 2.20 bits per heavy atom. The lowest BCUT2D eigenvalue weighted by atomic mass is 10.0. The number of alkyl halides is 2. The van der Waals surface area contributed by atoms with E-state index in [0.717, 1.165) is 0 Å². The van der Waals surface area contributed by atoms with E-state index in [1.54, 1.807) is 6.92 Å². The number of carboxylic acids is 1. The summed E-state index contributed by atoms with van der Waals surface area (Å²) in [4.78, 5) is 22.1. The Labute approximate surface area is 85.2 Å². The van der Waals surface area contributed by atoms with E-state index in [2.05, 4.69) is 4.74 Å². The topological polar surface area (TPSA) is 63.6 Å². The highest BCUT2D eigenvalue weighted by Gasteiger charge is 2.71. The zero-order chi connectivity index (χ0) is 11.6. The third-order valence-corrected chi connectivity index (χ3v) is 2.50. The van der Waals surface area contributed by atoms with Gasteiger partial charge in [0.1, 0.15) is 0 Å². The molecule has 1 fully saturated rings. The molecule has 1 rings (SSSR count). The molecule has 15 heavy (non-hydrogen) atoms. The number of esters is 1. The summed E-state index contributed by atoms with van der Waals surface area (Å²) >= 11 is 0. The van der Waals surface area contributed by atoms with Crippen molar-refractivity contribution in [3.05, 3.63) is 0 Å². The van der Waals surface area contributed by atoms with Gasteiger partial charge in [-0.1, -0.05) is 6.92 Å². The molecule has 0 aromatic rings. The minimum atomic E-state index is -2.80. The number of aliphatic carboxylic acids is 1. The molecule has 6 heteroatoms. The number of carbonyl (C=O) groups is 2. The van der Waals surface area contributed by atoms with Crippen LogP contribution in [0.2, 0.25) is 0 Å². The van der Waals surface area contributed by atoms with Crippen LogP contribution in [0.15, 0.2) is 0 Å². The first kappa shape index (κ1) is 11.9. The molecule has 0 heterocycles. The Balaban J connectivity index is 2.70. The van der Waals surface area contributed by atoms with Gasteiger partial charge in [0.05, 0.1) is 6.61 Å². The fourth-order valence-electron chi connectivity index (χ4n) is 1.48. The molecule has 1 saturated carbocycles. The number of ether oxygens (including phenoxy) is 1. The minimum Gasteiger partial charge on any atom is -0.480 e. The van der Waals surface area contributed by atoms with Crippen LogP contribution in [-0.2, 0) is 14.3 Å². The Bertz CT molecular complexity index is 279. The second kappa shape index (κ2) is 4.12. The molecule has 1 unspecified atom stereocenters. The zero-order valence-electron chi connectivity index (χ0n) is 8.20. The quantitative estimate of drug-likeness (QED) is 0.562. The first-order valence-electron chi connectivity index (χ1n) is 4.65. The summed E-state index contributed by atoms with van der Waals surface area (Å²) < 4.78 is 29.2. The molecule has 1 aliphatic rings. The van der Waals surface area contributed by atoms with Gasteiger partial charge >= 0.3 is 11.9 Å². The van der Waals surface area contributed by atoms with E-state index in [-0.39, 0.29) is 13.0 Å². The molecular weight excluding hydrogens is 210 g/mol. The third kappa shape index (κ3) is 1.93. The molecule has 0 radical (unpaired) electrons. The van der Waals surface area contributed by atoms with Crippen LogP contribution < -0.4 is 0 Å². The molecule has 2 atom stereocenters. The summed E-state index contributed by atoms with van der Waals surface area (Å²) in [7, 11) is 0. The van der Waals surface area contributed by atoms with Crippen molar-refractivity contribution in [2.24, 2.45) is 11.3 Å². The van der Waals surface area contributed by atoms with Crippen LogP contribution in [0.25, 0.3) is 0 Å². The van der Waals surface area contributed by atoms with E-state index in [9.17, 15) is 18.4 Å². The maximum absolute atomic E-state index is 12.3. The van der Waals surface area contributed by atoms with Gasteiger partial charge in [-0.2, -0.15) is 0 Å². The summed E-state index contributed by atoms with van der Waals surface area (Å²) in [6.07, 6.45) is -2.60. The molecule has 1 aliphatic carbocycles. The fourth-order valence-corrected chi connectivity index (χ4v) is 1.48. The molecule has 0 aromatic carbocycles. The number of rotatable bonds is 5. The summed E-state index contributed by atoms with van der Waals surface area (Å²) in [6.45, 7) is 1.79. The van der Waals surface area contributed by atoms with Gasteiger partial charge < -0.3 is 9.84 Å². The van der Waals surface area contributed by atoms with Gasteiger partial charge in [-0.25, -0.2) is 8.78 Å². The van der Waals surface area contributed by atoms with Crippen LogP contribution in [0, 0.1) is 11.3 Å². The maximum atomic E-state index is 12.3. The number of hydrogen-bond donors (Lipinski definition) is 1. The predicted molar refractivity (Wildman–Crippen MR) is 45.4 cm³/mol. The van der Waals surface area contributed by atoms with Crippen molar-refractivity contribution in [2.75, 3.05) is 6.61 Å². The molecule has 1 N–H and O–H groups in total. The van der Waals surface area contributed by atoms with Crippen molar-refractivity contribution >= 4 is 11.9 Å². The lowest BCUT2D eigenvalue weighted by Crippen LogP contribution is -2.31. The second-order valence-corrected chi connectivity index (χ2v) is 3.56. The lowest BCUT2D eigenvalue weighted by Gasteiger charge is -2.11. The van der Waals surface area contributed by atoms with Crippen molar-refractivity contribution in [1.82, 2.24) is 0 Å². The van der Waals surface area contributed by atoms with Crippen molar-refractivity contribution in [3.63, 3.8) is 0 Å². The average Bonchev–Trinajstić information content (AvgIpc) is 2.90. The Morgan fingerprint density at radius 1 is 1.60 bits per heavy atom. The number of halogens is 2. The molecule has 0 saturated heterocycles. The average molecular weight is 222 g/mol. The molecule has 86 valence electrons.